The fourth-order valence-corrected chi connectivity index (χ4v) is 3.76. The molecule has 1 amide bonds. The maximum absolute atomic E-state index is 13.2. The van der Waals surface area contributed by atoms with Gasteiger partial charge in [-0.25, -0.2) is 19.6 Å². The van der Waals surface area contributed by atoms with Gasteiger partial charge in [-0.15, -0.1) is 0 Å². The lowest BCUT2D eigenvalue weighted by molar-refractivity contribution is -0.136. The van der Waals surface area contributed by atoms with Crippen molar-refractivity contribution in [3.8, 4) is 5.82 Å². The molecule has 1 aliphatic rings. The van der Waals surface area contributed by atoms with E-state index in [1.54, 1.807) is 11.0 Å². The highest BCUT2D eigenvalue weighted by Crippen LogP contribution is 2.24. The average molecular weight is 391 g/mol. The molecule has 1 atom stereocenters. The lowest BCUT2D eigenvalue weighted by Crippen LogP contribution is -2.45. The minimum absolute atomic E-state index is 0.0304. The van der Waals surface area contributed by atoms with Crippen LogP contribution in [0.15, 0.2) is 55.4 Å². The molecule has 150 valence electrons. The Bertz CT molecular complexity index is 929. The number of piperidine rings is 1. The van der Waals surface area contributed by atoms with Gasteiger partial charge >= 0.3 is 0 Å². The Balaban J connectivity index is 1.46. The third kappa shape index (κ3) is 4.42. The fourth-order valence-electron chi connectivity index (χ4n) is 3.76. The van der Waals surface area contributed by atoms with Gasteiger partial charge in [0.05, 0.1) is 5.92 Å². The minimum Gasteiger partial charge on any atom is -0.356 e. The predicted octanol–water partition coefficient (Wildman–Crippen LogP) is 2.32. The minimum atomic E-state index is -0.0304. The summed E-state index contributed by atoms with van der Waals surface area (Å²) in [6, 6.07) is 12.0. The monoisotopic (exact) mass is 391 g/mol. The molecule has 4 rings (SSSR count). The summed E-state index contributed by atoms with van der Waals surface area (Å²) in [5.74, 6) is 1.66. The molecule has 1 saturated heterocycles. The van der Waals surface area contributed by atoms with Gasteiger partial charge in [0.25, 0.3) is 0 Å². The van der Waals surface area contributed by atoms with Crippen molar-refractivity contribution >= 4 is 11.7 Å². The average Bonchev–Trinajstić information content (AvgIpc) is 3.33. The summed E-state index contributed by atoms with van der Waals surface area (Å²) in [4.78, 5) is 30.0. The van der Waals surface area contributed by atoms with E-state index in [2.05, 4.69) is 37.1 Å². The first-order valence-corrected chi connectivity index (χ1v) is 9.99. The van der Waals surface area contributed by atoms with Gasteiger partial charge in [0.15, 0.2) is 5.82 Å². The molecule has 3 heterocycles. The number of benzene rings is 1. The zero-order valence-electron chi connectivity index (χ0n) is 16.6. The molecule has 8 heteroatoms. The smallest absolute Gasteiger partial charge is 0.227 e. The standard InChI is InChI=1S/C21H25N7O/c1-2-26(12-17-7-4-3-5-8-17)21(29)18-9-6-10-27(13-18)19-11-20(24-15-23-19)28-16-22-14-25-28/h3-5,7-8,11,14-16,18H,2,6,9-10,12-13H2,1H3. The number of hydrogen-bond acceptors (Lipinski definition) is 6. The number of aromatic nitrogens is 5. The Kier molecular flexibility index (Phi) is 5.79. The van der Waals surface area contributed by atoms with Gasteiger partial charge in [-0.2, -0.15) is 5.10 Å². The molecule has 0 radical (unpaired) electrons. The number of rotatable bonds is 6. The molecule has 1 fully saturated rings. The topological polar surface area (TPSA) is 80.0 Å². The van der Waals surface area contributed by atoms with Gasteiger partial charge in [0.1, 0.15) is 24.8 Å². The predicted molar refractivity (Wildman–Crippen MR) is 109 cm³/mol. The fraction of sp³-hybridized carbons (Fsp3) is 0.381. The van der Waals surface area contributed by atoms with E-state index in [0.717, 1.165) is 30.8 Å². The molecule has 1 aliphatic heterocycles. The van der Waals surface area contributed by atoms with Crippen molar-refractivity contribution in [2.75, 3.05) is 24.5 Å². The van der Waals surface area contributed by atoms with Gasteiger partial charge in [-0.05, 0) is 25.3 Å². The van der Waals surface area contributed by atoms with Crippen molar-refractivity contribution in [2.45, 2.75) is 26.3 Å². The summed E-state index contributed by atoms with van der Waals surface area (Å²) in [6.45, 7) is 4.93. The molecule has 29 heavy (non-hydrogen) atoms. The van der Waals surface area contributed by atoms with Gasteiger partial charge in [0, 0.05) is 32.2 Å². The molecule has 3 aromatic rings. The maximum Gasteiger partial charge on any atom is 0.227 e. The van der Waals surface area contributed by atoms with E-state index in [1.165, 1.54) is 12.7 Å². The van der Waals surface area contributed by atoms with E-state index in [9.17, 15) is 4.79 Å². The van der Waals surface area contributed by atoms with Gasteiger partial charge < -0.3 is 9.80 Å². The highest BCUT2D eigenvalue weighted by atomic mass is 16.2. The Hall–Kier alpha value is -3.29. The number of carbonyl (C=O) groups is 1. The largest absolute Gasteiger partial charge is 0.356 e. The third-order valence-electron chi connectivity index (χ3n) is 5.30. The first kappa shape index (κ1) is 19.0. The lowest BCUT2D eigenvalue weighted by Gasteiger charge is -2.35. The van der Waals surface area contributed by atoms with Crippen molar-refractivity contribution in [3.05, 3.63) is 60.9 Å². The SMILES string of the molecule is CCN(Cc1ccccc1)C(=O)C1CCCN(c2cc(-n3cncn3)ncn2)C1. The zero-order valence-corrected chi connectivity index (χ0v) is 16.6. The van der Waals surface area contributed by atoms with E-state index < -0.39 is 0 Å². The summed E-state index contributed by atoms with van der Waals surface area (Å²) in [6.07, 6.45) is 6.48. The van der Waals surface area contributed by atoms with E-state index >= 15 is 0 Å². The van der Waals surface area contributed by atoms with Crippen LogP contribution in [0.5, 0.6) is 0 Å². The van der Waals surface area contributed by atoms with Crippen LogP contribution in [0.2, 0.25) is 0 Å². The summed E-state index contributed by atoms with van der Waals surface area (Å²) in [5.41, 5.74) is 1.16. The molecule has 0 aliphatic carbocycles. The van der Waals surface area contributed by atoms with Crippen LogP contribution in [0.3, 0.4) is 0 Å². The highest BCUT2D eigenvalue weighted by molar-refractivity contribution is 5.79. The molecule has 8 nitrogen and oxygen atoms in total. The van der Waals surface area contributed by atoms with Crippen LogP contribution >= 0.6 is 0 Å². The van der Waals surface area contributed by atoms with Gasteiger partial charge in [0.2, 0.25) is 5.91 Å². The van der Waals surface area contributed by atoms with Gasteiger partial charge in [-0.1, -0.05) is 30.3 Å². The second kappa shape index (κ2) is 8.81. The first-order chi connectivity index (χ1) is 14.2. The maximum atomic E-state index is 13.2. The van der Waals surface area contributed by atoms with E-state index in [1.807, 2.05) is 36.1 Å². The number of nitrogens with zero attached hydrogens (tertiary/aromatic N) is 7. The number of amides is 1. The molecule has 0 spiro atoms. The first-order valence-electron chi connectivity index (χ1n) is 9.99. The van der Waals surface area contributed by atoms with Crippen LogP contribution in [0, 0.1) is 5.92 Å². The number of carbonyl (C=O) groups excluding carboxylic acids is 1. The Morgan fingerprint density at radius 1 is 1.17 bits per heavy atom. The zero-order chi connectivity index (χ0) is 20.1. The van der Waals surface area contributed by atoms with Crippen molar-refractivity contribution in [2.24, 2.45) is 5.92 Å². The van der Waals surface area contributed by atoms with Crippen LogP contribution in [0.1, 0.15) is 25.3 Å². The van der Waals surface area contributed by atoms with Crippen molar-refractivity contribution in [1.29, 1.82) is 0 Å². The molecular weight excluding hydrogens is 366 g/mol. The van der Waals surface area contributed by atoms with Crippen LogP contribution in [-0.2, 0) is 11.3 Å². The Morgan fingerprint density at radius 3 is 2.76 bits per heavy atom. The van der Waals surface area contributed by atoms with Gasteiger partial charge in [-0.3, -0.25) is 4.79 Å². The molecule has 0 bridgehead atoms. The Morgan fingerprint density at radius 2 is 2.00 bits per heavy atom. The quantitative estimate of drug-likeness (QED) is 0.642. The molecular formula is C21H25N7O. The number of anilines is 1. The second-order valence-electron chi connectivity index (χ2n) is 7.20. The van der Waals surface area contributed by atoms with Crippen molar-refractivity contribution < 1.29 is 4.79 Å². The van der Waals surface area contributed by atoms with Crippen LogP contribution in [0.4, 0.5) is 5.82 Å². The summed E-state index contributed by atoms with van der Waals surface area (Å²) < 4.78 is 1.61. The van der Waals surface area contributed by atoms with Crippen LogP contribution < -0.4 is 4.90 Å². The highest BCUT2D eigenvalue weighted by Gasteiger charge is 2.29. The van der Waals surface area contributed by atoms with Crippen LogP contribution in [0.25, 0.3) is 5.82 Å². The third-order valence-corrected chi connectivity index (χ3v) is 5.30. The molecule has 1 unspecified atom stereocenters. The van der Waals surface area contributed by atoms with Crippen LogP contribution in [-0.4, -0.2) is 55.2 Å². The number of hydrogen-bond donors (Lipinski definition) is 0. The van der Waals surface area contributed by atoms with E-state index in [0.29, 0.717) is 25.5 Å². The second-order valence-corrected chi connectivity index (χ2v) is 7.20. The summed E-state index contributed by atoms with van der Waals surface area (Å²) in [7, 11) is 0. The normalized spacial score (nSPS) is 16.6. The lowest BCUT2D eigenvalue weighted by atomic mass is 9.96. The van der Waals surface area contributed by atoms with Crippen molar-refractivity contribution in [1.82, 2.24) is 29.6 Å². The van der Waals surface area contributed by atoms with E-state index in [4.69, 9.17) is 0 Å². The van der Waals surface area contributed by atoms with E-state index in [-0.39, 0.29) is 11.8 Å². The molecule has 0 N–H and O–H groups in total. The summed E-state index contributed by atoms with van der Waals surface area (Å²) >= 11 is 0. The molecule has 1 aromatic carbocycles. The Labute approximate surface area is 170 Å². The summed E-state index contributed by atoms with van der Waals surface area (Å²) in [5, 5.41) is 4.13. The van der Waals surface area contributed by atoms with Crippen molar-refractivity contribution in [3.63, 3.8) is 0 Å². The molecule has 0 saturated carbocycles. The molecule has 2 aromatic heterocycles.